The van der Waals surface area contributed by atoms with Crippen LogP contribution in [0, 0.1) is 13.8 Å². The lowest BCUT2D eigenvalue weighted by molar-refractivity contribution is -0.117. The summed E-state index contributed by atoms with van der Waals surface area (Å²) in [5, 5.41) is 11.6. The fourth-order valence-electron chi connectivity index (χ4n) is 4.03. The summed E-state index contributed by atoms with van der Waals surface area (Å²) in [6, 6.07) is 13.1. The SMILES string of the molecule is Cc1cc(C)c2nc(N3C(=O)C(O)=C(C(=O)c4ccco4)C3c3cccc(Cl)c3)sc2c1. The number of aliphatic hydroxyl groups excluding tert-OH is 1. The Morgan fingerprint density at radius 2 is 2.00 bits per heavy atom. The molecular formula is C24H17ClN2O4S. The van der Waals surface area contributed by atoms with Crippen molar-refractivity contribution in [2.24, 2.45) is 0 Å². The Hall–Kier alpha value is -3.42. The zero-order chi connectivity index (χ0) is 22.6. The smallest absolute Gasteiger partial charge is 0.296 e. The highest BCUT2D eigenvalue weighted by Gasteiger charge is 2.46. The average molecular weight is 465 g/mol. The standard InChI is InChI=1S/C24H17ClN2O4S/c1-12-9-13(2)19-17(10-12)32-24(26-19)27-20(14-5-3-6-15(25)11-14)18(22(29)23(27)30)21(28)16-7-4-8-31-16/h3-11,20,29H,1-2H3. The van der Waals surface area contributed by atoms with E-state index in [-0.39, 0.29) is 11.3 Å². The first-order chi connectivity index (χ1) is 15.3. The maximum absolute atomic E-state index is 13.3. The van der Waals surface area contributed by atoms with Gasteiger partial charge in [0.05, 0.1) is 28.1 Å². The lowest BCUT2D eigenvalue weighted by Gasteiger charge is -2.24. The van der Waals surface area contributed by atoms with Crippen molar-refractivity contribution in [2.45, 2.75) is 19.9 Å². The van der Waals surface area contributed by atoms with Crippen LogP contribution in [0.2, 0.25) is 5.02 Å². The Balaban J connectivity index is 1.71. The molecule has 1 amide bonds. The van der Waals surface area contributed by atoms with Crippen LogP contribution in [0.1, 0.15) is 33.3 Å². The second-order valence-electron chi connectivity index (χ2n) is 7.63. The number of halogens is 1. The first kappa shape index (κ1) is 20.5. The van der Waals surface area contributed by atoms with E-state index in [1.54, 1.807) is 30.3 Å². The second-order valence-corrected chi connectivity index (χ2v) is 9.07. The molecule has 8 heteroatoms. The molecule has 0 aliphatic carbocycles. The summed E-state index contributed by atoms with van der Waals surface area (Å²) in [5.41, 5.74) is 3.35. The Morgan fingerprint density at radius 1 is 1.19 bits per heavy atom. The number of rotatable bonds is 4. The molecule has 1 aliphatic heterocycles. The Labute approximate surface area is 192 Å². The van der Waals surface area contributed by atoms with Gasteiger partial charge in [0, 0.05) is 5.02 Å². The summed E-state index contributed by atoms with van der Waals surface area (Å²) in [6.07, 6.45) is 1.37. The van der Waals surface area contributed by atoms with Gasteiger partial charge in [-0.2, -0.15) is 0 Å². The van der Waals surface area contributed by atoms with Crippen LogP contribution in [-0.4, -0.2) is 21.8 Å². The number of nitrogens with zero attached hydrogens (tertiary/aromatic N) is 2. The molecule has 2 aromatic heterocycles. The second kappa shape index (κ2) is 7.62. The number of thiazole rings is 1. The van der Waals surface area contributed by atoms with Gasteiger partial charge < -0.3 is 9.52 Å². The molecule has 0 bridgehead atoms. The van der Waals surface area contributed by atoms with E-state index in [2.05, 4.69) is 0 Å². The monoisotopic (exact) mass is 464 g/mol. The number of hydrogen-bond acceptors (Lipinski definition) is 6. The number of benzene rings is 2. The molecular weight excluding hydrogens is 448 g/mol. The number of carbonyl (C=O) groups is 2. The van der Waals surface area contributed by atoms with E-state index in [0.29, 0.717) is 15.7 Å². The number of hydrogen-bond donors (Lipinski definition) is 1. The highest BCUT2D eigenvalue weighted by molar-refractivity contribution is 7.22. The third kappa shape index (κ3) is 3.21. The predicted molar refractivity (Wildman–Crippen MR) is 123 cm³/mol. The number of amides is 1. The van der Waals surface area contributed by atoms with Crippen LogP contribution < -0.4 is 4.90 Å². The molecule has 1 unspecified atom stereocenters. The number of aliphatic hydroxyl groups is 1. The van der Waals surface area contributed by atoms with E-state index < -0.39 is 23.5 Å². The van der Waals surface area contributed by atoms with E-state index in [9.17, 15) is 14.7 Å². The molecule has 0 saturated heterocycles. The maximum Gasteiger partial charge on any atom is 0.296 e. The summed E-state index contributed by atoms with van der Waals surface area (Å²) in [4.78, 5) is 32.5. The molecule has 1 atom stereocenters. The van der Waals surface area contributed by atoms with Gasteiger partial charge in [0.1, 0.15) is 0 Å². The van der Waals surface area contributed by atoms with Crippen molar-refractivity contribution in [3.8, 4) is 0 Å². The van der Waals surface area contributed by atoms with Gasteiger partial charge in [0.25, 0.3) is 5.91 Å². The number of fused-ring (bicyclic) bond motifs is 1. The van der Waals surface area contributed by atoms with E-state index in [4.69, 9.17) is 21.0 Å². The average Bonchev–Trinajstić information content (AvgIpc) is 3.47. The molecule has 160 valence electrons. The van der Waals surface area contributed by atoms with Gasteiger partial charge >= 0.3 is 0 Å². The topological polar surface area (TPSA) is 83.6 Å². The molecule has 0 spiro atoms. The number of furan rings is 1. The summed E-state index contributed by atoms with van der Waals surface area (Å²) < 4.78 is 6.17. The summed E-state index contributed by atoms with van der Waals surface area (Å²) in [5.74, 6) is -1.85. The minimum absolute atomic E-state index is 0.0315. The molecule has 5 rings (SSSR count). The highest BCUT2D eigenvalue weighted by atomic mass is 35.5. The number of ketones is 1. The van der Waals surface area contributed by atoms with Crippen molar-refractivity contribution in [2.75, 3.05) is 4.90 Å². The van der Waals surface area contributed by atoms with Crippen molar-refractivity contribution in [1.82, 2.24) is 4.98 Å². The van der Waals surface area contributed by atoms with Gasteiger partial charge in [-0.3, -0.25) is 14.5 Å². The number of carbonyl (C=O) groups excluding carboxylic acids is 2. The Bertz CT molecular complexity index is 1420. The van der Waals surface area contributed by atoms with Gasteiger partial charge in [-0.05, 0) is 60.9 Å². The highest BCUT2D eigenvalue weighted by Crippen LogP contribution is 2.45. The normalized spacial score (nSPS) is 16.4. The van der Waals surface area contributed by atoms with Gasteiger partial charge in [0.15, 0.2) is 16.7 Å². The van der Waals surface area contributed by atoms with Crippen LogP contribution in [0.5, 0.6) is 0 Å². The number of aromatic nitrogens is 1. The van der Waals surface area contributed by atoms with Crippen molar-refractivity contribution < 1.29 is 19.1 Å². The lowest BCUT2D eigenvalue weighted by atomic mass is 9.95. The maximum atomic E-state index is 13.3. The molecule has 1 aliphatic rings. The minimum atomic E-state index is -0.902. The third-order valence-corrected chi connectivity index (χ3v) is 6.62. The lowest BCUT2D eigenvalue weighted by Crippen LogP contribution is -2.31. The molecule has 3 heterocycles. The van der Waals surface area contributed by atoms with Crippen LogP contribution in [0.3, 0.4) is 0 Å². The van der Waals surface area contributed by atoms with Gasteiger partial charge in [-0.15, -0.1) is 0 Å². The molecule has 6 nitrogen and oxygen atoms in total. The minimum Gasteiger partial charge on any atom is -0.503 e. The van der Waals surface area contributed by atoms with Crippen molar-refractivity contribution in [1.29, 1.82) is 0 Å². The van der Waals surface area contributed by atoms with Gasteiger partial charge in [-0.25, -0.2) is 4.98 Å². The number of aryl methyl sites for hydroxylation is 2. The van der Waals surface area contributed by atoms with Crippen LogP contribution in [0.4, 0.5) is 5.13 Å². The van der Waals surface area contributed by atoms with Crippen LogP contribution in [0.15, 0.2) is 70.5 Å². The van der Waals surface area contributed by atoms with Gasteiger partial charge in [-0.1, -0.05) is 41.1 Å². The zero-order valence-corrected chi connectivity index (χ0v) is 18.7. The number of anilines is 1. The summed E-state index contributed by atoms with van der Waals surface area (Å²) in [6.45, 7) is 3.95. The first-order valence-corrected chi connectivity index (χ1v) is 11.0. The number of Topliss-reactive ketones (excluding diaryl/α,β-unsaturated/α-hetero) is 1. The van der Waals surface area contributed by atoms with Crippen LogP contribution in [0.25, 0.3) is 10.2 Å². The summed E-state index contributed by atoms with van der Waals surface area (Å²) in [7, 11) is 0. The Kier molecular flexibility index (Phi) is 4.87. The van der Waals surface area contributed by atoms with Crippen LogP contribution >= 0.6 is 22.9 Å². The quantitative estimate of drug-likeness (QED) is 0.378. The fraction of sp³-hybridized carbons (Fsp3) is 0.125. The van der Waals surface area contributed by atoms with Crippen molar-refractivity contribution in [3.63, 3.8) is 0 Å². The molecule has 1 N–H and O–H groups in total. The van der Waals surface area contributed by atoms with Crippen molar-refractivity contribution in [3.05, 3.63) is 93.6 Å². The molecule has 32 heavy (non-hydrogen) atoms. The predicted octanol–water partition coefficient (Wildman–Crippen LogP) is 5.94. The van der Waals surface area contributed by atoms with E-state index in [1.165, 1.54) is 28.6 Å². The van der Waals surface area contributed by atoms with Crippen molar-refractivity contribution >= 4 is 50.0 Å². The first-order valence-electron chi connectivity index (χ1n) is 9.83. The van der Waals surface area contributed by atoms with E-state index >= 15 is 0 Å². The molecule has 0 radical (unpaired) electrons. The zero-order valence-electron chi connectivity index (χ0n) is 17.1. The van der Waals surface area contributed by atoms with E-state index in [0.717, 1.165) is 21.3 Å². The fourth-order valence-corrected chi connectivity index (χ4v) is 5.40. The molecule has 0 saturated carbocycles. The molecule has 4 aromatic rings. The van der Waals surface area contributed by atoms with Crippen LogP contribution in [-0.2, 0) is 4.79 Å². The van der Waals surface area contributed by atoms with E-state index in [1.807, 2.05) is 26.0 Å². The third-order valence-electron chi connectivity index (χ3n) is 5.39. The molecule has 0 fully saturated rings. The van der Waals surface area contributed by atoms with Gasteiger partial charge in [0.2, 0.25) is 5.78 Å². The molecule has 2 aromatic carbocycles. The Morgan fingerprint density at radius 3 is 2.72 bits per heavy atom. The summed E-state index contributed by atoms with van der Waals surface area (Å²) >= 11 is 7.55. The largest absolute Gasteiger partial charge is 0.503 e.